The first-order valence-electron chi connectivity index (χ1n) is 15.1. The van der Waals surface area contributed by atoms with Gasteiger partial charge >= 0.3 is 6.03 Å². The molecule has 2 aliphatic rings. The van der Waals surface area contributed by atoms with E-state index in [0.717, 1.165) is 56.4 Å². The lowest BCUT2D eigenvalue weighted by Crippen LogP contribution is -2.46. The molecule has 2 fully saturated rings. The first kappa shape index (κ1) is 33.5. The summed E-state index contributed by atoms with van der Waals surface area (Å²) in [7, 11) is 1.58. The van der Waals surface area contributed by atoms with Crippen LogP contribution >= 0.6 is 23.4 Å². The Hall–Kier alpha value is -4.37. The molecule has 3 aromatic carbocycles. The third-order valence-electron chi connectivity index (χ3n) is 7.70. The molecule has 1 aromatic heterocycles. The number of anilines is 1. The number of fused-ring (bicyclic) bond motifs is 1. The topological polar surface area (TPSA) is 114 Å². The molecule has 48 heavy (non-hydrogen) atoms. The molecule has 0 bridgehead atoms. The van der Waals surface area contributed by atoms with Crippen molar-refractivity contribution in [3.63, 3.8) is 0 Å². The number of pyridine rings is 1. The number of carbonyl (C=O) groups is 2. The zero-order valence-electron chi connectivity index (χ0n) is 25.8. The van der Waals surface area contributed by atoms with Crippen LogP contribution in [-0.4, -0.2) is 79.1 Å². The van der Waals surface area contributed by atoms with Crippen molar-refractivity contribution in [3.8, 4) is 23.0 Å². The number of hydrogen-bond acceptors (Lipinski definition) is 9. The summed E-state index contributed by atoms with van der Waals surface area (Å²) >= 11 is 7.94. The Morgan fingerprint density at radius 2 is 1.92 bits per heavy atom. The fraction of sp³-hybridized carbons (Fsp3) is 0.303. The van der Waals surface area contributed by atoms with Crippen LogP contribution in [-0.2, 0) is 9.53 Å². The molecular formula is C33H32ClF2N5O6S. The quantitative estimate of drug-likeness (QED) is 0.172. The van der Waals surface area contributed by atoms with Gasteiger partial charge in [0.1, 0.15) is 28.5 Å². The standard InChI is InChI=1S/C33H32ClF2N5O6S/c1-44-29-17-23-27(18-30(29)46-12-2-9-40-10-13-45-14-11-40)37-8-7-28(23)47-21-4-5-22(24(34)16-21)32-41(31(42)19-48-32)39-33(43)38-26-6-3-20(35)15-25(26)36/h3-8,15-18,32H,2,9-14,19H2,1H3,(H2,38,39,43). The molecule has 0 radical (unpaired) electrons. The molecule has 0 aliphatic carbocycles. The fourth-order valence-corrected chi connectivity index (χ4v) is 6.79. The number of ether oxygens (including phenoxy) is 4. The lowest BCUT2D eigenvalue weighted by molar-refractivity contribution is -0.130. The van der Waals surface area contributed by atoms with Crippen molar-refractivity contribution in [1.29, 1.82) is 0 Å². The van der Waals surface area contributed by atoms with E-state index in [1.807, 2.05) is 12.1 Å². The molecule has 4 aromatic rings. The Kier molecular flexibility index (Phi) is 10.6. The van der Waals surface area contributed by atoms with E-state index in [2.05, 4.69) is 20.6 Å². The number of benzene rings is 3. The number of hydrogen-bond donors (Lipinski definition) is 2. The van der Waals surface area contributed by atoms with E-state index in [-0.39, 0.29) is 17.3 Å². The highest BCUT2D eigenvalue weighted by Gasteiger charge is 2.36. The SMILES string of the molecule is COc1cc2c(Oc3ccc(C4SCC(=O)N4NC(=O)Nc4ccc(F)cc4F)c(Cl)c3)ccnc2cc1OCCCN1CCOCC1. The zero-order valence-corrected chi connectivity index (χ0v) is 27.4. The van der Waals surface area contributed by atoms with E-state index >= 15 is 0 Å². The number of thioether (sulfide) groups is 1. The van der Waals surface area contributed by atoms with Gasteiger partial charge < -0.3 is 24.3 Å². The average molecular weight is 700 g/mol. The van der Waals surface area contributed by atoms with E-state index in [9.17, 15) is 18.4 Å². The van der Waals surface area contributed by atoms with Crippen molar-refractivity contribution < 1.29 is 37.3 Å². The second kappa shape index (κ2) is 15.2. The molecule has 11 nitrogen and oxygen atoms in total. The predicted molar refractivity (Wildman–Crippen MR) is 178 cm³/mol. The maximum absolute atomic E-state index is 14.0. The number of rotatable bonds is 11. The number of hydrazine groups is 1. The van der Waals surface area contributed by atoms with Crippen LogP contribution in [0.25, 0.3) is 10.9 Å². The number of methoxy groups -OCH3 is 1. The van der Waals surface area contributed by atoms with E-state index in [0.29, 0.717) is 57.2 Å². The van der Waals surface area contributed by atoms with Crippen LogP contribution in [0.2, 0.25) is 5.02 Å². The summed E-state index contributed by atoms with van der Waals surface area (Å²) in [6.45, 7) is 4.82. The molecule has 3 amide bonds. The van der Waals surface area contributed by atoms with Crippen molar-refractivity contribution >= 4 is 51.9 Å². The van der Waals surface area contributed by atoms with Crippen molar-refractivity contribution in [2.24, 2.45) is 0 Å². The third-order valence-corrected chi connectivity index (χ3v) is 9.22. The highest BCUT2D eigenvalue weighted by Crippen LogP contribution is 2.43. The van der Waals surface area contributed by atoms with Crippen LogP contribution < -0.4 is 25.0 Å². The number of nitrogens with zero attached hydrogens (tertiary/aromatic N) is 3. The van der Waals surface area contributed by atoms with Gasteiger partial charge in [-0.3, -0.25) is 14.7 Å². The molecule has 3 heterocycles. The van der Waals surface area contributed by atoms with Gasteiger partial charge in [-0.15, -0.1) is 11.8 Å². The lowest BCUT2D eigenvalue weighted by Gasteiger charge is -2.26. The van der Waals surface area contributed by atoms with Gasteiger partial charge in [-0.2, -0.15) is 0 Å². The van der Waals surface area contributed by atoms with Crippen molar-refractivity contribution in [3.05, 3.63) is 83.0 Å². The molecule has 2 N–H and O–H groups in total. The van der Waals surface area contributed by atoms with Crippen LogP contribution in [0.5, 0.6) is 23.0 Å². The average Bonchev–Trinajstić information content (AvgIpc) is 3.43. The highest BCUT2D eigenvalue weighted by atomic mass is 35.5. The Balaban J connectivity index is 1.13. The molecule has 0 spiro atoms. The van der Waals surface area contributed by atoms with Crippen LogP contribution in [0.15, 0.2) is 60.8 Å². The van der Waals surface area contributed by atoms with Gasteiger partial charge in [0.15, 0.2) is 11.5 Å². The van der Waals surface area contributed by atoms with Crippen molar-refractivity contribution in [1.82, 2.24) is 20.3 Å². The molecule has 6 rings (SSSR count). The number of nitrogens with one attached hydrogen (secondary N) is 2. The normalized spacial score (nSPS) is 16.6. The van der Waals surface area contributed by atoms with E-state index < -0.39 is 23.0 Å². The molecule has 252 valence electrons. The number of urea groups is 1. The minimum absolute atomic E-state index is 0.0782. The van der Waals surface area contributed by atoms with E-state index in [4.69, 9.17) is 30.5 Å². The monoisotopic (exact) mass is 699 g/mol. The van der Waals surface area contributed by atoms with Gasteiger partial charge in [-0.05, 0) is 42.8 Å². The summed E-state index contributed by atoms with van der Waals surface area (Å²) < 4.78 is 50.6. The van der Waals surface area contributed by atoms with E-state index in [1.165, 1.54) is 11.8 Å². The molecular weight excluding hydrogens is 668 g/mol. The Morgan fingerprint density at radius 3 is 2.69 bits per heavy atom. The Labute approximate surface area is 284 Å². The van der Waals surface area contributed by atoms with Crippen LogP contribution in [0.4, 0.5) is 19.3 Å². The smallest absolute Gasteiger partial charge is 0.338 e. The maximum Gasteiger partial charge on any atom is 0.338 e. The van der Waals surface area contributed by atoms with Gasteiger partial charge in [0.05, 0.1) is 48.9 Å². The summed E-state index contributed by atoms with van der Waals surface area (Å²) in [5.41, 5.74) is 3.40. The van der Waals surface area contributed by atoms with Gasteiger partial charge in [0.25, 0.3) is 5.91 Å². The van der Waals surface area contributed by atoms with Gasteiger partial charge in [0.2, 0.25) is 0 Å². The Morgan fingerprint density at radius 1 is 1.08 bits per heavy atom. The molecule has 15 heteroatoms. The van der Waals surface area contributed by atoms with Crippen LogP contribution in [0, 0.1) is 11.6 Å². The number of carbonyl (C=O) groups excluding carboxylic acids is 2. The zero-order chi connectivity index (χ0) is 33.6. The highest BCUT2D eigenvalue weighted by molar-refractivity contribution is 8.00. The molecule has 2 saturated heterocycles. The first-order chi connectivity index (χ1) is 23.3. The Bertz CT molecular complexity index is 1810. The number of morpholine rings is 1. The minimum atomic E-state index is -0.952. The summed E-state index contributed by atoms with van der Waals surface area (Å²) in [5.74, 6) is 0.0315. The molecule has 2 aliphatic heterocycles. The van der Waals surface area contributed by atoms with E-state index in [1.54, 1.807) is 37.6 Å². The molecule has 1 atom stereocenters. The van der Waals surface area contributed by atoms with Crippen LogP contribution in [0.1, 0.15) is 17.4 Å². The molecule has 0 saturated carbocycles. The second-order valence-electron chi connectivity index (χ2n) is 10.9. The lowest BCUT2D eigenvalue weighted by atomic mass is 10.1. The maximum atomic E-state index is 14.0. The molecule has 1 unspecified atom stereocenters. The number of halogens is 3. The van der Waals surface area contributed by atoms with Gasteiger partial charge in [0, 0.05) is 48.9 Å². The van der Waals surface area contributed by atoms with Crippen molar-refractivity contribution in [2.45, 2.75) is 11.8 Å². The first-order valence-corrected chi connectivity index (χ1v) is 16.5. The number of aromatic nitrogens is 1. The summed E-state index contributed by atoms with van der Waals surface area (Å²) in [6, 6.07) is 12.2. The summed E-state index contributed by atoms with van der Waals surface area (Å²) in [4.78, 5) is 32.1. The van der Waals surface area contributed by atoms with Crippen molar-refractivity contribution in [2.75, 3.05) is 57.6 Å². The largest absolute Gasteiger partial charge is 0.493 e. The summed E-state index contributed by atoms with van der Waals surface area (Å²) in [6.07, 6.45) is 2.49. The predicted octanol–water partition coefficient (Wildman–Crippen LogP) is 6.38. The van der Waals surface area contributed by atoms with Gasteiger partial charge in [-0.25, -0.2) is 24.0 Å². The third kappa shape index (κ3) is 7.84. The minimum Gasteiger partial charge on any atom is -0.493 e. The summed E-state index contributed by atoms with van der Waals surface area (Å²) in [5, 5.41) is 3.73. The fourth-order valence-electron chi connectivity index (χ4n) is 5.31. The van der Waals surface area contributed by atoms with Crippen LogP contribution in [0.3, 0.4) is 0 Å². The number of amides is 3. The van der Waals surface area contributed by atoms with Gasteiger partial charge in [-0.1, -0.05) is 17.7 Å². The second-order valence-corrected chi connectivity index (χ2v) is 12.4.